The van der Waals surface area contributed by atoms with E-state index in [0.29, 0.717) is 56.3 Å². The SMILES string of the molecule is O=C(NCc1ccc(F)cc1)C1CCN(Cc2nc(-c3cccc([N+](=O)[O-])c3)no2)CC1. The third-order valence-electron chi connectivity index (χ3n) is 5.48. The summed E-state index contributed by atoms with van der Waals surface area (Å²) in [6, 6.07) is 12.2. The van der Waals surface area contributed by atoms with Gasteiger partial charge in [0.25, 0.3) is 5.69 Å². The number of nitrogens with one attached hydrogen (secondary N) is 1. The lowest BCUT2D eigenvalue weighted by Gasteiger charge is -2.30. The highest BCUT2D eigenvalue weighted by Crippen LogP contribution is 2.23. The van der Waals surface area contributed by atoms with E-state index in [1.54, 1.807) is 24.3 Å². The van der Waals surface area contributed by atoms with Gasteiger partial charge in [-0.05, 0) is 43.6 Å². The first-order chi connectivity index (χ1) is 15.5. The molecule has 1 fully saturated rings. The number of nitro benzene ring substituents is 1. The van der Waals surface area contributed by atoms with E-state index in [2.05, 4.69) is 20.4 Å². The van der Waals surface area contributed by atoms with E-state index in [1.165, 1.54) is 24.3 Å². The van der Waals surface area contributed by atoms with Crippen molar-refractivity contribution in [1.29, 1.82) is 0 Å². The zero-order valence-electron chi connectivity index (χ0n) is 17.2. The topological polar surface area (TPSA) is 114 Å². The van der Waals surface area contributed by atoms with E-state index in [0.717, 1.165) is 5.56 Å². The zero-order valence-corrected chi connectivity index (χ0v) is 17.2. The number of nitrogens with zero attached hydrogens (tertiary/aromatic N) is 4. The van der Waals surface area contributed by atoms with Crippen LogP contribution in [0.25, 0.3) is 11.4 Å². The number of benzene rings is 2. The van der Waals surface area contributed by atoms with Crippen LogP contribution >= 0.6 is 0 Å². The smallest absolute Gasteiger partial charge is 0.270 e. The van der Waals surface area contributed by atoms with Gasteiger partial charge in [0.15, 0.2) is 0 Å². The average molecular weight is 439 g/mol. The molecule has 1 aliphatic heterocycles. The van der Waals surface area contributed by atoms with Crippen LogP contribution in [0.15, 0.2) is 53.1 Å². The molecular weight excluding hydrogens is 417 g/mol. The number of likely N-dealkylation sites (tertiary alicyclic amines) is 1. The molecule has 9 nitrogen and oxygen atoms in total. The number of carbonyl (C=O) groups is 1. The first-order valence-electron chi connectivity index (χ1n) is 10.3. The van der Waals surface area contributed by atoms with Crippen molar-refractivity contribution in [3.05, 3.63) is 75.9 Å². The van der Waals surface area contributed by atoms with Gasteiger partial charge in [-0.2, -0.15) is 4.98 Å². The second kappa shape index (κ2) is 9.65. The number of non-ortho nitro benzene ring substituents is 1. The second-order valence-corrected chi connectivity index (χ2v) is 7.71. The van der Waals surface area contributed by atoms with Gasteiger partial charge in [0.1, 0.15) is 5.82 Å². The fourth-order valence-corrected chi connectivity index (χ4v) is 3.68. The molecule has 1 amide bonds. The Morgan fingerprint density at radius 2 is 1.97 bits per heavy atom. The maximum atomic E-state index is 13.0. The van der Waals surface area contributed by atoms with Gasteiger partial charge in [-0.3, -0.25) is 19.8 Å². The molecule has 1 N–H and O–H groups in total. The number of piperidine rings is 1. The first kappa shape index (κ1) is 21.6. The Kier molecular flexibility index (Phi) is 6.50. The lowest BCUT2D eigenvalue weighted by atomic mass is 9.96. The van der Waals surface area contributed by atoms with Crippen LogP contribution in [0.2, 0.25) is 0 Å². The predicted octanol–water partition coefficient (Wildman–Crippen LogP) is 3.31. The Morgan fingerprint density at radius 1 is 1.22 bits per heavy atom. The van der Waals surface area contributed by atoms with Crippen LogP contribution in [0.1, 0.15) is 24.3 Å². The summed E-state index contributed by atoms with van der Waals surface area (Å²) in [6.45, 7) is 2.25. The molecule has 1 aliphatic rings. The third-order valence-corrected chi connectivity index (χ3v) is 5.48. The van der Waals surface area contributed by atoms with Crippen LogP contribution in [0, 0.1) is 21.8 Å². The van der Waals surface area contributed by atoms with Crippen LogP contribution in [0.3, 0.4) is 0 Å². The van der Waals surface area contributed by atoms with Gasteiger partial charge in [0, 0.05) is 30.2 Å². The lowest BCUT2D eigenvalue weighted by Crippen LogP contribution is -2.40. The van der Waals surface area contributed by atoms with Crippen LogP contribution in [0.5, 0.6) is 0 Å². The van der Waals surface area contributed by atoms with E-state index in [4.69, 9.17) is 4.52 Å². The highest BCUT2D eigenvalue weighted by molar-refractivity contribution is 5.78. The fourth-order valence-electron chi connectivity index (χ4n) is 3.68. The first-order valence-corrected chi connectivity index (χ1v) is 10.3. The molecule has 10 heteroatoms. The van der Waals surface area contributed by atoms with Crippen molar-refractivity contribution in [3.8, 4) is 11.4 Å². The molecule has 0 radical (unpaired) electrons. The van der Waals surface area contributed by atoms with Crippen LogP contribution in [-0.4, -0.2) is 39.0 Å². The maximum Gasteiger partial charge on any atom is 0.270 e. The minimum Gasteiger partial charge on any atom is -0.352 e. The predicted molar refractivity (Wildman–Crippen MR) is 113 cm³/mol. The van der Waals surface area contributed by atoms with E-state index in [9.17, 15) is 19.3 Å². The number of carbonyl (C=O) groups excluding carboxylic acids is 1. The van der Waals surface area contributed by atoms with E-state index in [1.807, 2.05) is 0 Å². The maximum absolute atomic E-state index is 13.0. The molecule has 3 aromatic rings. The molecule has 2 heterocycles. The second-order valence-electron chi connectivity index (χ2n) is 7.71. The van der Waals surface area contributed by atoms with Crippen molar-refractivity contribution in [2.45, 2.75) is 25.9 Å². The fraction of sp³-hybridized carbons (Fsp3) is 0.318. The number of hydrogen-bond acceptors (Lipinski definition) is 7. The van der Waals surface area contributed by atoms with Crippen LogP contribution in [-0.2, 0) is 17.9 Å². The van der Waals surface area contributed by atoms with Gasteiger partial charge < -0.3 is 9.84 Å². The quantitative estimate of drug-likeness (QED) is 0.444. The molecule has 0 spiro atoms. The van der Waals surface area contributed by atoms with Gasteiger partial charge in [-0.1, -0.05) is 29.4 Å². The van der Waals surface area contributed by atoms with Crippen molar-refractivity contribution in [2.24, 2.45) is 5.92 Å². The highest BCUT2D eigenvalue weighted by Gasteiger charge is 2.26. The van der Waals surface area contributed by atoms with Crippen molar-refractivity contribution in [3.63, 3.8) is 0 Å². The van der Waals surface area contributed by atoms with Crippen LogP contribution in [0.4, 0.5) is 10.1 Å². The number of amides is 1. The Balaban J connectivity index is 1.26. The standard InChI is InChI=1S/C22H22FN5O4/c23-18-6-4-15(5-7-18)13-24-22(29)16-8-10-27(11-9-16)14-20-25-21(26-32-20)17-2-1-3-19(12-17)28(30)31/h1-7,12,16H,8-11,13-14H2,(H,24,29). The summed E-state index contributed by atoms with van der Waals surface area (Å²) in [5.41, 5.74) is 1.34. The molecule has 166 valence electrons. The van der Waals surface area contributed by atoms with Crippen molar-refractivity contribution < 1.29 is 18.6 Å². The summed E-state index contributed by atoms with van der Waals surface area (Å²) in [4.78, 5) is 29.4. The number of nitro groups is 1. The van der Waals surface area contributed by atoms with E-state index >= 15 is 0 Å². The molecule has 0 bridgehead atoms. The highest BCUT2D eigenvalue weighted by atomic mass is 19.1. The van der Waals surface area contributed by atoms with Crippen molar-refractivity contribution >= 4 is 11.6 Å². The normalized spacial score (nSPS) is 14.9. The minimum atomic E-state index is -0.468. The molecule has 0 saturated carbocycles. The molecule has 1 aromatic heterocycles. The van der Waals surface area contributed by atoms with Crippen molar-refractivity contribution in [2.75, 3.05) is 13.1 Å². The third kappa shape index (κ3) is 5.33. The van der Waals surface area contributed by atoms with Crippen LogP contribution < -0.4 is 5.32 Å². The van der Waals surface area contributed by atoms with Crippen molar-refractivity contribution in [1.82, 2.24) is 20.4 Å². The number of aromatic nitrogens is 2. The van der Waals surface area contributed by atoms with E-state index in [-0.39, 0.29) is 23.3 Å². The molecule has 32 heavy (non-hydrogen) atoms. The van der Waals surface area contributed by atoms with Gasteiger partial charge in [-0.15, -0.1) is 0 Å². The zero-order chi connectivity index (χ0) is 22.5. The Hall–Kier alpha value is -3.66. The molecule has 0 atom stereocenters. The van der Waals surface area contributed by atoms with Gasteiger partial charge in [-0.25, -0.2) is 4.39 Å². The molecule has 4 rings (SSSR count). The monoisotopic (exact) mass is 439 g/mol. The number of halogens is 1. The van der Waals surface area contributed by atoms with Gasteiger partial charge in [0.2, 0.25) is 17.6 Å². The molecular formula is C22H22FN5O4. The largest absolute Gasteiger partial charge is 0.352 e. The Bertz CT molecular complexity index is 1090. The summed E-state index contributed by atoms with van der Waals surface area (Å²) in [5.74, 6) is 0.352. The van der Waals surface area contributed by atoms with Gasteiger partial charge in [0.05, 0.1) is 11.5 Å². The molecule has 0 aliphatic carbocycles. The summed E-state index contributed by atoms with van der Waals surface area (Å²) in [7, 11) is 0. The Labute approximate surface area is 183 Å². The summed E-state index contributed by atoms with van der Waals surface area (Å²) in [5, 5.41) is 17.8. The molecule has 2 aromatic carbocycles. The summed E-state index contributed by atoms with van der Waals surface area (Å²) < 4.78 is 18.3. The van der Waals surface area contributed by atoms with E-state index < -0.39 is 4.92 Å². The molecule has 1 saturated heterocycles. The number of rotatable bonds is 7. The lowest BCUT2D eigenvalue weighted by molar-refractivity contribution is -0.384. The molecule has 0 unspecified atom stereocenters. The summed E-state index contributed by atoms with van der Waals surface area (Å²) >= 11 is 0. The average Bonchev–Trinajstić information content (AvgIpc) is 3.27. The minimum absolute atomic E-state index is 0.000256. The summed E-state index contributed by atoms with van der Waals surface area (Å²) in [6.07, 6.45) is 1.42. The van der Waals surface area contributed by atoms with Gasteiger partial charge >= 0.3 is 0 Å². The Morgan fingerprint density at radius 3 is 2.69 bits per heavy atom. The number of hydrogen-bond donors (Lipinski definition) is 1.